The van der Waals surface area contributed by atoms with Crippen LogP contribution in [0.25, 0.3) is 0 Å². The predicted molar refractivity (Wildman–Crippen MR) is 78.6 cm³/mol. The quantitative estimate of drug-likeness (QED) is 0.439. The summed E-state index contributed by atoms with van der Waals surface area (Å²) in [5, 5.41) is 0. The molecular formula is C13H19NO2P2. The Morgan fingerprint density at radius 2 is 2.22 bits per heavy atom. The number of nitrogens with zero attached hydrogens (tertiary/aromatic N) is 1. The topological polar surface area (TPSA) is 29.5 Å². The molecule has 2 aliphatic heterocycles. The maximum atomic E-state index is 12.1. The first-order chi connectivity index (χ1) is 8.50. The smallest absolute Gasteiger partial charge is 0.232 e. The van der Waals surface area contributed by atoms with Gasteiger partial charge in [-0.05, 0) is 12.6 Å². The first-order valence-corrected chi connectivity index (χ1v) is 7.24. The zero-order chi connectivity index (χ0) is 13.4. The van der Waals surface area contributed by atoms with Gasteiger partial charge in [0.15, 0.2) is 0 Å². The monoisotopic (exact) mass is 283 g/mol. The minimum Gasteiger partial charge on any atom is -0.353 e. The van der Waals surface area contributed by atoms with Crippen LogP contribution in [-0.4, -0.2) is 29.1 Å². The van der Waals surface area contributed by atoms with Crippen molar-refractivity contribution in [3.63, 3.8) is 0 Å². The summed E-state index contributed by atoms with van der Waals surface area (Å²) in [5.74, 6) is 6.82. The summed E-state index contributed by atoms with van der Waals surface area (Å²) >= 11 is 0. The van der Waals surface area contributed by atoms with Crippen molar-refractivity contribution in [2.45, 2.75) is 32.5 Å². The fraction of sp³-hybridized carbons (Fsp3) is 0.615. The van der Waals surface area contributed by atoms with E-state index in [0.717, 1.165) is 11.3 Å². The van der Waals surface area contributed by atoms with E-state index in [2.05, 4.69) is 44.4 Å². The van der Waals surface area contributed by atoms with E-state index in [-0.39, 0.29) is 11.8 Å². The molecular weight excluding hydrogens is 264 g/mol. The van der Waals surface area contributed by atoms with Gasteiger partial charge in [-0.2, -0.15) is 0 Å². The third-order valence-corrected chi connectivity index (χ3v) is 4.43. The number of fused-ring (bicyclic) bond motifs is 1. The molecule has 3 nitrogen and oxygen atoms in total. The SMILES string of the molecule is CC1=C(C#CCOP)[C@H](C)C2C(C(C)P)C(=O)N12. The van der Waals surface area contributed by atoms with Crippen LogP contribution in [0.4, 0.5) is 0 Å². The molecule has 2 heterocycles. The molecule has 0 aliphatic carbocycles. The Bertz CT molecular complexity index is 461. The number of amides is 1. The molecule has 1 fully saturated rings. The molecule has 98 valence electrons. The van der Waals surface area contributed by atoms with Crippen LogP contribution in [0.1, 0.15) is 20.8 Å². The van der Waals surface area contributed by atoms with Crippen molar-refractivity contribution in [2.24, 2.45) is 11.8 Å². The van der Waals surface area contributed by atoms with E-state index in [1.54, 1.807) is 0 Å². The van der Waals surface area contributed by atoms with Crippen molar-refractivity contribution in [1.29, 1.82) is 0 Å². The van der Waals surface area contributed by atoms with Gasteiger partial charge in [0, 0.05) is 26.7 Å². The molecule has 1 amide bonds. The fourth-order valence-corrected chi connectivity index (χ4v) is 3.47. The van der Waals surface area contributed by atoms with Gasteiger partial charge in [-0.1, -0.05) is 25.7 Å². The number of β-lactam (4-membered cyclic amide) rings is 1. The van der Waals surface area contributed by atoms with Crippen molar-refractivity contribution >= 4 is 24.6 Å². The van der Waals surface area contributed by atoms with Crippen LogP contribution in [0.3, 0.4) is 0 Å². The van der Waals surface area contributed by atoms with Crippen molar-refractivity contribution in [3.05, 3.63) is 11.3 Å². The van der Waals surface area contributed by atoms with Crippen molar-refractivity contribution < 1.29 is 9.32 Å². The molecule has 0 spiro atoms. The average molecular weight is 283 g/mol. The molecule has 5 heteroatoms. The van der Waals surface area contributed by atoms with E-state index in [9.17, 15) is 4.79 Å². The number of allylic oxidation sites excluding steroid dienone is 1. The summed E-state index contributed by atoms with van der Waals surface area (Å²) in [5.41, 5.74) is 2.43. The van der Waals surface area contributed by atoms with E-state index in [1.165, 1.54) is 0 Å². The van der Waals surface area contributed by atoms with Gasteiger partial charge in [-0.3, -0.25) is 4.79 Å². The normalized spacial score (nSPS) is 31.7. The third kappa shape index (κ3) is 2.01. The second kappa shape index (κ2) is 5.30. The molecule has 2 rings (SSSR count). The second-order valence-corrected chi connectivity index (χ2v) is 6.37. The van der Waals surface area contributed by atoms with E-state index in [4.69, 9.17) is 4.52 Å². The van der Waals surface area contributed by atoms with Gasteiger partial charge in [0.2, 0.25) is 5.91 Å². The van der Waals surface area contributed by atoms with Crippen LogP contribution in [0.2, 0.25) is 0 Å². The molecule has 0 bridgehead atoms. The highest BCUT2D eigenvalue weighted by atomic mass is 31.0. The lowest BCUT2D eigenvalue weighted by atomic mass is 9.79. The van der Waals surface area contributed by atoms with Crippen LogP contribution < -0.4 is 0 Å². The maximum absolute atomic E-state index is 12.1. The molecule has 0 aromatic heterocycles. The zero-order valence-corrected chi connectivity index (χ0v) is 13.2. The number of carbonyl (C=O) groups is 1. The Morgan fingerprint density at radius 1 is 1.56 bits per heavy atom. The van der Waals surface area contributed by atoms with E-state index >= 15 is 0 Å². The standard InChI is InChI=1S/C13H19NO2P2/c1-7-10(5-4-6-16-18)8(2)14-12(7)11(9(3)17)13(14)15/h7,9,11-12H,6,17-18H2,1-3H3/t7-,9?,11?,12?/m0/s1. The Balaban J connectivity index is 2.23. The first-order valence-electron chi connectivity index (χ1n) is 6.10. The molecule has 0 radical (unpaired) electrons. The minimum atomic E-state index is 0.122. The molecule has 1 saturated heterocycles. The number of hydrogen-bond donors (Lipinski definition) is 0. The molecule has 0 N–H and O–H groups in total. The van der Waals surface area contributed by atoms with Gasteiger partial charge < -0.3 is 9.42 Å². The Kier molecular flexibility index (Phi) is 4.12. The van der Waals surface area contributed by atoms with Crippen molar-refractivity contribution in [3.8, 4) is 11.8 Å². The highest BCUT2D eigenvalue weighted by Crippen LogP contribution is 2.47. The van der Waals surface area contributed by atoms with Gasteiger partial charge >= 0.3 is 0 Å². The lowest BCUT2D eigenvalue weighted by Crippen LogP contribution is -2.61. The summed E-state index contributed by atoms with van der Waals surface area (Å²) in [6.45, 7) is 6.63. The van der Waals surface area contributed by atoms with Gasteiger partial charge in [-0.25, -0.2) is 0 Å². The average Bonchev–Trinajstić information content (AvgIpc) is 2.49. The summed E-state index contributed by atoms with van der Waals surface area (Å²) in [7, 11) is 4.94. The van der Waals surface area contributed by atoms with Crippen LogP contribution in [0, 0.1) is 23.7 Å². The summed E-state index contributed by atoms with van der Waals surface area (Å²) in [4.78, 5) is 14.0. The Hall–Kier alpha value is -0.410. The largest absolute Gasteiger partial charge is 0.353 e. The molecule has 0 aromatic carbocycles. The summed E-state index contributed by atoms with van der Waals surface area (Å²) in [6, 6.07) is 0.297. The van der Waals surface area contributed by atoms with Crippen molar-refractivity contribution in [1.82, 2.24) is 4.90 Å². The number of carbonyl (C=O) groups excluding carboxylic acids is 1. The van der Waals surface area contributed by atoms with E-state index < -0.39 is 0 Å². The van der Waals surface area contributed by atoms with Gasteiger partial charge in [-0.15, -0.1) is 9.24 Å². The van der Waals surface area contributed by atoms with Crippen LogP contribution in [0.5, 0.6) is 0 Å². The van der Waals surface area contributed by atoms with Crippen LogP contribution in [0.15, 0.2) is 11.3 Å². The molecule has 18 heavy (non-hydrogen) atoms. The third-order valence-electron chi connectivity index (χ3n) is 3.85. The maximum Gasteiger partial charge on any atom is 0.232 e. The Morgan fingerprint density at radius 3 is 2.78 bits per heavy atom. The molecule has 0 aromatic rings. The molecule has 0 saturated carbocycles. The highest BCUT2D eigenvalue weighted by molar-refractivity contribution is 7.17. The molecule has 6 atom stereocenters. The number of rotatable bonds is 2. The van der Waals surface area contributed by atoms with Gasteiger partial charge in [0.25, 0.3) is 0 Å². The summed E-state index contributed by atoms with van der Waals surface area (Å²) in [6.07, 6.45) is 0. The van der Waals surface area contributed by atoms with Gasteiger partial charge in [0.1, 0.15) is 6.61 Å². The second-order valence-electron chi connectivity index (χ2n) is 4.98. The van der Waals surface area contributed by atoms with Gasteiger partial charge in [0.05, 0.1) is 12.0 Å². The lowest BCUT2D eigenvalue weighted by molar-refractivity contribution is -0.152. The predicted octanol–water partition coefficient (Wildman–Crippen LogP) is 1.81. The fourth-order valence-electron chi connectivity index (χ4n) is 3.00. The molecule has 5 unspecified atom stereocenters. The van der Waals surface area contributed by atoms with Crippen LogP contribution >= 0.6 is 18.7 Å². The summed E-state index contributed by atoms with van der Waals surface area (Å²) < 4.78 is 4.86. The van der Waals surface area contributed by atoms with E-state index in [0.29, 0.717) is 24.2 Å². The molecule has 2 aliphatic rings. The first kappa shape index (κ1) is 14.0. The lowest BCUT2D eigenvalue weighted by Gasteiger charge is -2.47. The number of hydrogen-bond acceptors (Lipinski definition) is 2. The van der Waals surface area contributed by atoms with Crippen LogP contribution in [-0.2, 0) is 9.32 Å². The zero-order valence-electron chi connectivity index (χ0n) is 10.9. The highest BCUT2D eigenvalue weighted by Gasteiger charge is 2.56. The Labute approximate surface area is 113 Å². The minimum absolute atomic E-state index is 0.122. The van der Waals surface area contributed by atoms with E-state index in [1.807, 2.05) is 11.8 Å². The van der Waals surface area contributed by atoms with Crippen molar-refractivity contribution in [2.75, 3.05) is 6.61 Å².